The highest BCUT2D eigenvalue weighted by Crippen LogP contribution is 2.31. The van der Waals surface area contributed by atoms with Crippen molar-refractivity contribution in [2.45, 2.75) is 47.0 Å². The molecule has 110 valence electrons. The van der Waals surface area contributed by atoms with E-state index in [1.807, 2.05) is 6.92 Å². The van der Waals surface area contributed by atoms with Gasteiger partial charge in [-0.1, -0.05) is 20.8 Å². The standard InChI is InChI=1S/C14H26N2O2S/c1-6-15-8-12-11(9-17-5)16-14(19-12)13(10(3)4)18-7-2/h10,13,15H,6-9H2,1-5H3. The molecular formula is C14H26N2O2S. The summed E-state index contributed by atoms with van der Waals surface area (Å²) in [5, 5.41) is 4.42. The lowest BCUT2D eigenvalue weighted by Gasteiger charge is -2.18. The smallest absolute Gasteiger partial charge is 0.122 e. The first-order valence-electron chi connectivity index (χ1n) is 6.93. The number of methoxy groups -OCH3 is 1. The maximum Gasteiger partial charge on any atom is 0.122 e. The summed E-state index contributed by atoms with van der Waals surface area (Å²) in [4.78, 5) is 5.98. The number of nitrogens with zero attached hydrogens (tertiary/aromatic N) is 1. The largest absolute Gasteiger partial charge is 0.378 e. The minimum absolute atomic E-state index is 0.0842. The number of nitrogens with one attached hydrogen (secondary N) is 1. The number of hydrogen-bond donors (Lipinski definition) is 1. The summed E-state index contributed by atoms with van der Waals surface area (Å²) in [6.45, 7) is 11.6. The summed E-state index contributed by atoms with van der Waals surface area (Å²) >= 11 is 1.74. The lowest BCUT2D eigenvalue weighted by Crippen LogP contribution is -2.12. The third-order valence-electron chi connectivity index (χ3n) is 2.81. The van der Waals surface area contributed by atoms with E-state index in [1.54, 1.807) is 18.4 Å². The first-order valence-corrected chi connectivity index (χ1v) is 7.75. The van der Waals surface area contributed by atoms with E-state index in [0.717, 1.165) is 23.8 Å². The Morgan fingerprint density at radius 2 is 2.05 bits per heavy atom. The second kappa shape index (κ2) is 8.64. The van der Waals surface area contributed by atoms with Crippen molar-refractivity contribution in [3.63, 3.8) is 0 Å². The highest BCUT2D eigenvalue weighted by atomic mass is 32.1. The molecule has 0 radical (unpaired) electrons. The molecule has 1 heterocycles. The SMILES string of the molecule is CCNCc1sc(C(OCC)C(C)C)nc1COC. The number of hydrogen-bond acceptors (Lipinski definition) is 5. The zero-order valence-corrected chi connectivity index (χ0v) is 13.5. The van der Waals surface area contributed by atoms with Crippen LogP contribution in [0.4, 0.5) is 0 Å². The van der Waals surface area contributed by atoms with Crippen LogP contribution in [-0.2, 0) is 22.6 Å². The van der Waals surface area contributed by atoms with Gasteiger partial charge in [0.05, 0.1) is 12.3 Å². The van der Waals surface area contributed by atoms with Crippen molar-refractivity contribution >= 4 is 11.3 Å². The van der Waals surface area contributed by atoms with Crippen LogP contribution < -0.4 is 5.32 Å². The molecule has 1 aromatic heterocycles. The van der Waals surface area contributed by atoms with Crippen molar-refractivity contribution < 1.29 is 9.47 Å². The van der Waals surface area contributed by atoms with Gasteiger partial charge in [-0.3, -0.25) is 0 Å². The van der Waals surface area contributed by atoms with Crippen molar-refractivity contribution in [3.05, 3.63) is 15.6 Å². The molecule has 0 amide bonds. The zero-order chi connectivity index (χ0) is 14.3. The van der Waals surface area contributed by atoms with Crippen LogP contribution in [0.1, 0.15) is 49.4 Å². The fourth-order valence-corrected chi connectivity index (χ4v) is 3.14. The Morgan fingerprint density at radius 3 is 2.58 bits per heavy atom. The number of thiazole rings is 1. The van der Waals surface area contributed by atoms with Crippen LogP contribution in [0.3, 0.4) is 0 Å². The predicted octanol–water partition coefficient (Wildman–Crippen LogP) is 3.13. The molecule has 0 aliphatic rings. The second-order valence-electron chi connectivity index (χ2n) is 4.76. The summed E-state index contributed by atoms with van der Waals surface area (Å²) in [5.41, 5.74) is 1.04. The molecular weight excluding hydrogens is 260 g/mol. The Bertz CT molecular complexity index is 366. The molecule has 4 nitrogen and oxygen atoms in total. The molecule has 5 heteroatoms. The second-order valence-corrected chi connectivity index (χ2v) is 5.87. The van der Waals surface area contributed by atoms with Crippen LogP contribution in [0.25, 0.3) is 0 Å². The van der Waals surface area contributed by atoms with Gasteiger partial charge in [0.25, 0.3) is 0 Å². The first-order chi connectivity index (χ1) is 9.13. The van der Waals surface area contributed by atoms with Gasteiger partial charge >= 0.3 is 0 Å². The molecule has 1 N–H and O–H groups in total. The lowest BCUT2D eigenvalue weighted by atomic mass is 10.1. The minimum Gasteiger partial charge on any atom is -0.378 e. The quantitative estimate of drug-likeness (QED) is 0.757. The molecule has 1 aromatic rings. The Morgan fingerprint density at radius 1 is 1.32 bits per heavy atom. The Kier molecular flexibility index (Phi) is 7.53. The van der Waals surface area contributed by atoms with Crippen LogP contribution in [0, 0.1) is 5.92 Å². The minimum atomic E-state index is 0.0842. The van der Waals surface area contributed by atoms with Crippen LogP contribution in [-0.4, -0.2) is 25.2 Å². The van der Waals surface area contributed by atoms with Gasteiger partial charge in [-0.2, -0.15) is 0 Å². The summed E-state index contributed by atoms with van der Waals surface area (Å²) in [6.07, 6.45) is 0.0842. The van der Waals surface area contributed by atoms with E-state index in [4.69, 9.17) is 14.5 Å². The van der Waals surface area contributed by atoms with E-state index in [0.29, 0.717) is 19.1 Å². The molecule has 1 unspecified atom stereocenters. The number of aromatic nitrogens is 1. The zero-order valence-electron chi connectivity index (χ0n) is 12.7. The molecule has 19 heavy (non-hydrogen) atoms. The average molecular weight is 286 g/mol. The van der Waals surface area contributed by atoms with E-state index >= 15 is 0 Å². The molecule has 0 fully saturated rings. The maximum absolute atomic E-state index is 5.83. The monoisotopic (exact) mass is 286 g/mol. The van der Waals surface area contributed by atoms with E-state index in [-0.39, 0.29) is 6.10 Å². The third kappa shape index (κ3) is 4.84. The Balaban J connectivity index is 2.93. The normalized spacial score (nSPS) is 13.2. The fraction of sp³-hybridized carbons (Fsp3) is 0.786. The predicted molar refractivity (Wildman–Crippen MR) is 79.4 cm³/mol. The molecule has 0 bridgehead atoms. The van der Waals surface area contributed by atoms with Crippen molar-refractivity contribution in [2.75, 3.05) is 20.3 Å². The van der Waals surface area contributed by atoms with Gasteiger partial charge < -0.3 is 14.8 Å². The average Bonchev–Trinajstić information content (AvgIpc) is 2.76. The van der Waals surface area contributed by atoms with Gasteiger partial charge in [0.15, 0.2) is 0 Å². The van der Waals surface area contributed by atoms with Gasteiger partial charge in [0.1, 0.15) is 11.1 Å². The Hall–Kier alpha value is -0.490. The highest BCUT2D eigenvalue weighted by molar-refractivity contribution is 7.11. The van der Waals surface area contributed by atoms with Crippen LogP contribution >= 0.6 is 11.3 Å². The van der Waals surface area contributed by atoms with Gasteiger partial charge in [-0.25, -0.2) is 4.98 Å². The third-order valence-corrected chi connectivity index (χ3v) is 3.97. The van der Waals surface area contributed by atoms with Crippen LogP contribution in [0.15, 0.2) is 0 Å². The summed E-state index contributed by atoms with van der Waals surface area (Å²) in [6, 6.07) is 0. The molecule has 0 spiro atoms. The summed E-state index contributed by atoms with van der Waals surface area (Å²) in [7, 11) is 1.71. The number of ether oxygens (including phenoxy) is 2. The van der Waals surface area contributed by atoms with Gasteiger partial charge in [0, 0.05) is 25.1 Å². The summed E-state index contributed by atoms with van der Waals surface area (Å²) in [5.74, 6) is 0.425. The molecule has 0 saturated heterocycles. The molecule has 0 aliphatic carbocycles. The van der Waals surface area contributed by atoms with Gasteiger partial charge in [-0.05, 0) is 19.4 Å². The summed E-state index contributed by atoms with van der Waals surface area (Å²) < 4.78 is 11.1. The van der Waals surface area contributed by atoms with Crippen molar-refractivity contribution in [1.29, 1.82) is 0 Å². The van der Waals surface area contributed by atoms with Crippen molar-refractivity contribution in [1.82, 2.24) is 10.3 Å². The van der Waals surface area contributed by atoms with Gasteiger partial charge in [0.2, 0.25) is 0 Å². The van der Waals surface area contributed by atoms with E-state index in [1.165, 1.54) is 4.88 Å². The number of rotatable bonds is 9. The molecule has 0 saturated carbocycles. The molecule has 0 aliphatic heterocycles. The van der Waals surface area contributed by atoms with Gasteiger partial charge in [-0.15, -0.1) is 11.3 Å². The van der Waals surface area contributed by atoms with Crippen LogP contribution in [0.5, 0.6) is 0 Å². The molecule has 1 atom stereocenters. The van der Waals surface area contributed by atoms with Crippen molar-refractivity contribution in [3.8, 4) is 0 Å². The van der Waals surface area contributed by atoms with E-state index in [2.05, 4.69) is 26.1 Å². The topological polar surface area (TPSA) is 43.4 Å². The fourth-order valence-electron chi connectivity index (χ4n) is 1.88. The highest BCUT2D eigenvalue weighted by Gasteiger charge is 2.22. The Labute approximate surface area is 120 Å². The van der Waals surface area contributed by atoms with Crippen LogP contribution in [0.2, 0.25) is 0 Å². The van der Waals surface area contributed by atoms with Crippen molar-refractivity contribution in [2.24, 2.45) is 5.92 Å². The molecule has 0 aromatic carbocycles. The maximum atomic E-state index is 5.83. The van der Waals surface area contributed by atoms with E-state index in [9.17, 15) is 0 Å². The van der Waals surface area contributed by atoms with E-state index < -0.39 is 0 Å². The first kappa shape index (κ1) is 16.6. The molecule has 1 rings (SSSR count). The lowest BCUT2D eigenvalue weighted by molar-refractivity contribution is 0.0290.